The molecule has 0 bridgehead atoms. The minimum absolute atomic E-state index is 0.881. The van der Waals surface area contributed by atoms with E-state index in [0.29, 0.717) is 0 Å². The summed E-state index contributed by atoms with van der Waals surface area (Å²) in [6, 6.07) is 14.6. The average Bonchev–Trinajstić information content (AvgIpc) is 2.44. The average molecular weight is 334 g/mol. The molecule has 0 aliphatic heterocycles. The fraction of sp³-hybridized carbons (Fsp3) is 0.294. The van der Waals surface area contributed by atoms with Crippen LogP contribution in [0.4, 0.5) is 0 Å². The highest BCUT2D eigenvalue weighted by Gasteiger charge is 2.07. The van der Waals surface area contributed by atoms with Gasteiger partial charge >= 0.3 is 0 Å². The van der Waals surface area contributed by atoms with Crippen LogP contribution in [0.5, 0.6) is 5.75 Å². The standard InChI is InChI=1S/C17H20BrNO/c1-13-6-4-5-7-14(13)11-19(2)12-15-10-16(20-3)8-9-17(15)18/h4-10H,11-12H2,1-3H3. The van der Waals surface area contributed by atoms with Crippen molar-refractivity contribution in [2.24, 2.45) is 0 Å². The summed E-state index contributed by atoms with van der Waals surface area (Å²) in [6.07, 6.45) is 0. The summed E-state index contributed by atoms with van der Waals surface area (Å²) in [5.41, 5.74) is 3.94. The molecular weight excluding hydrogens is 314 g/mol. The van der Waals surface area contributed by atoms with Crippen molar-refractivity contribution in [3.05, 3.63) is 63.6 Å². The largest absolute Gasteiger partial charge is 0.497 e. The summed E-state index contributed by atoms with van der Waals surface area (Å²) >= 11 is 3.61. The Kier molecular flexibility index (Phi) is 5.21. The molecule has 0 heterocycles. The molecule has 0 amide bonds. The normalized spacial score (nSPS) is 10.8. The molecular formula is C17H20BrNO. The van der Waals surface area contributed by atoms with Crippen LogP contribution in [-0.2, 0) is 13.1 Å². The second kappa shape index (κ2) is 6.91. The molecule has 0 N–H and O–H groups in total. The Hall–Kier alpha value is -1.32. The third kappa shape index (κ3) is 3.84. The Balaban J connectivity index is 2.08. The zero-order chi connectivity index (χ0) is 14.5. The summed E-state index contributed by atoms with van der Waals surface area (Å²) in [7, 11) is 3.84. The van der Waals surface area contributed by atoms with Crippen molar-refractivity contribution in [1.82, 2.24) is 4.90 Å². The van der Waals surface area contributed by atoms with E-state index in [-0.39, 0.29) is 0 Å². The quantitative estimate of drug-likeness (QED) is 0.804. The summed E-state index contributed by atoms with van der Waals surface area (Å²) in [5.74, 6) is 0.896. The predicted octanol–water partition coefficient (Wildman–Crippen LogP) is 4.40. The maximum atomic E-state index is 5.29. The molecule has 106 valence electrons. The Bertz CT molecular complexity index is 583. The lowest BCUT2D eigenvalue weighted by atomic mass is 10.1. The third-order valence-electron chi connectivity index (χ3n) is 3.39. The Morgan fingerprint density at radius 2 is 1.75 bits per heavy atom. The molecule has 2 aromatic carbocycles. The number of benzene rings is 2. The lowest BCUT2D eigenvalue weighted by Gasteiger charge is -2.19. The highest BCUT2D eigenvalue weighted by molar-refractivity contribution is 9.10. The van der Waals surface area contributed by atoms with Crippen molar-refractivity contribution in [3.63, 3.8) is 0 Å². The van der Waals surface area contributed by atoms with Gasteiger partial charge in [-0.05, 0) is 48.9 Å². The summed E-state index contributed by atoms with van der Waals surface area (Å²) in [4.78, 5) is 2.31. The molecule has 20 heavy (non-hydrogen) atoms. The Labute approximate surface area is 129 Å². The zero-order valence-electron chi connectivity index (χ0n) is 12.2. The molecule has 0 radical (unpaired) electrons. The predicted molar refractivity (Wildman–Crippen MR) is 87.0 cm³/mol. The maximum absolute atomic E-state index is 5.29. The molecule has 0 spiro atoms. The summed E-state index contributed by atoms with van der Waals surface area (Å²) in [5, 5.41) is 0. The zero-order valence-corrected chi connectivity index (χ0v) is 13.8. The topological polar surface area (TPSA) is 12.5 Å². The van der Waals surface area contributed by atoms with E-state index in [9.17, 15) is 0 Å². The van der Waals surface area contributed by atoms with Gasteiger partial charge in [-0.1, -0.05) is 40.2 Å². The first kappa shape index (κ1) is 15.1. The molecule has 0 fully saturated rings. The lowest BCUT2D eigenvalue weighted by Crippen LogP contribution is -2.18. The summed E-state index contributed by atoms with van der Waals surface area (Å²) < 4.78 is 6.41. The van der Waals surface area contributed by atoms with Gasteiger partial charge in [-0.15, -0.1) is 0 Å². The van der Waals surface area contributed by atoms with Gasteiger partial charge in [-0.25, -0.2) is 0 Å². The first-order valence-corrected chi connectivity index (χ1v) is 7.45. The van der Waals surface area contributed by atoms with Crippen molar-refractivity contribution in [2.75, 3.05) is 14.2 Å². The number of hydrogen-bond acceptors (Lipinski definition) is 2. The fourth-order valence-corrected chi connectivity index (χ4v) is 2.60. The van der Waals surface area contributed by atoms with E-state index >= 15 is 0 Å². The number of nitrogens with zero attached hydrogens (tertiary/aromatic N) is 1. The molecule has 0 saturated heterocycles. The number of hydrogen-bond donors (Lipinski definition) is 0. The van der Waals surface area contributed by atoms with Crippen LogP contribution in [0.2, 0.25) is 0 Å². The molecule has 2 aromatic rings. The number of rotatable bonds is 5. The van der Waals surface area contributed by atoms with Gasteiger partial charge in [0.25, 0.3) is 0 Å². The first-order chi connectivity index (χ1) is 9.60. The number of ether oxygens (including phenoxy) is 1. The fourth-order valence-electron chi connectivity index (χ4n) is 2.22. The molecule has 0 aliphatic carbocycles. The number of halogens is 1. The van der Waals surface area contributed by atoms with Crippen LogP contribution >= 0.6 is 15.9 Å². The number of methoxy groups -OCH3 is 1. The van der Waals surface area contributed by atoms with E-state index in [1.54, 1.807) is 7.11 Å². The second-order valence-corrected chi connectivity index (χ2v) is 5.91. The molecule has 0 saturated carbocycles. The lowest BCUT2D eigenvalue weighted by molar-refractivity contribution is 0.317. The molecule has 2 rings (SSSR count). The van der Waals surface area contributed by atoms with E-state index < -0.39 is 0 Å². The molecule has 0 aromatic heterocycles. The van der Waals surface area contributed by atoms with E-state index in [1.807, 2.05) is 12.1 Å². The van der Waals surface area contributed by atoms with Crippen LogP contribution in [-0.4, -0.2) is 19.1 Å². The van der Waals surface area contributed by atoms with Gasteiger partial charge in [-0.3, -0.25) is 4.90 Å². The SMILES string of the molecule is COc1ccc(Br)c(CN(C)Cc2ccccc2C)c1. The van der Waals surface area contributed by atoms with Crippen molar-refractivity contribution in [1.29, 1.82) is 0 Å². The van der Waals surface area contributed by atoms with Crippen molar-refractivity contribution in [3.8, 4) is 5.75 Å². The molecule has 0 aliphatic rings. The molecule has 0 atom stereocenters. The maximum Gasteiger partial charge on any atom is 0.119 e. The van der Waals surface area contributed by atoms with Gasteiger partial charge in [0.05, 0.1) is 7.11 Å². The smallest absolute Gasteiger partial charge is 0.119 e. The molecule has 2 nitrogen and oxygen atoms in total. The highest BCUT2D eigenvalue weighted by Crippen LogP contribution is 2.24. The Morgan fingerprint density at radius 1 is 1.05 bits per heavy atom. The highest BCUT2D eigenvalue weighted by atomic mass is 79.9. The Morgan fingerprint density at radius 3 is 2.45 bits per heavy atom. The van der Waals surface area contributed by atoms with Crippen LogP contribution < -0.4 is 4.74 Å². The second-order valence-electron chi connectivity index (χ2n) is 5.06. The van der Waals surface area contributed by atoms with Gasteiger partial charge in [0.1, 0.15) is 5.75 Å². The van der Waals surface area contributed by atoms with Gasteiger partial charge < -0.3 is 4.74 Å². The monoisotopic (exact) mass is 333 g/mol. The van der Waals surface area contributed by atoms with Crippen LogP contribution in [0.1, 0.15) is 16.7 Å². The third-order valence-corrected chi connectivity index (χ3v) is 4.17. The van der Waals surface area contributed by atoms with Crippen LogP contribution in [0.3, 0.4) is 0 Å². The first-order valence-electron chi connectivity index (χ1n) is 6.65. The minimum Gasteiger partial charge on any atom is -0.497 e. The van der Waals surface area contributed by atoms with Crippen LogP contribution in [0.25, 0.3) is 0 Å². The van der Waals surface area contributed by atoms with E-state index in [1.165, 1.54) is 16.7 Å². The van der Waals surface area contributed by atoms with Crippen molar-refractivity contribution < 1.29 is 4.74 Å². The van der Waals surface area contributed by atoms with Crippen LogP contribution in [0.15, 0.2) is 46.9 Å². The van der Waals surface area contributed by atoms with E-state index in [2.05, 4.69) is 65.1 Å². The summed E-state index contributed by atoms with van der Waals surface area (Å²) in [6.45, 7) is 3.98. The van der Waals surface area contributed by atoms with E-state index in [4.69, 9.17) is 4.74 Å². The van der Waals surface area contributed by atoms with E-state index in [0.717, 1.165) is 23.3 Å². The molecule has 3 heteroatoms. The van der Waals surface area contributed by atoms with Gasteiger partial charge in [0.15, 0.2) is 0 Å². The van der Waals surface area contributed by atoms with Crippen molar-refractivity contribution in [2.45, 2.75) is 20.0 Å². The minimum atomic E-state index is 0.881. The van der Waals surface area contributed by atoms with Gasteiger partial charge in [0.2, 0.25) is 0 Å². The van der Waals surface area contributed by atoms with Crippen molar-refractivity contribution >= 4 is 15.9 Å². The molecule has 0 unspecified atom stereocenters. The van der Waals surface area contributed by atoms with Gasteiger partial charge in [0, 0.05) is 17.6 Å². The van der Waals surface area contributed by atoms with Gasteiger partial charge in [-0.2, -0.15) is 0 Å². The van der Waals surface area contributed by atoms with Crippen LogP contribution in [0, 0.1) is 6.92 Å². The number of aryl methyl sites for hydroxylation is 1.